The van der Waals surface area contributed by atoms with Gasteiger partial charge in [-0.25, -0.2) is 0 Å². The molecule has 0 aliphatic heterocycles. The van der Waals surface area contributed by atoms with Gasteiger partial charge in [-0.3, -0.25) is 4.68 Å². The lowest BCUT2D eigenvalue weighted by atomic mass is 10.2. The zero-order valence-electron chi connectivity index (χ0n) is 11.4. The van der Waals surface area contributed by atoms with E-state index in [9.17, 15) is 0 Å². The molecular weight excluding hydrogens is 299 g/mol. The molecule has 0 bridgehead atoms. The second-order valence-electron chi connectivity index (χ2n) is 4.24. The van der Waals surface area contributed by atoms with Crippen LogP contribution in [0.25, 0.3) is 0 Å². The fourth-order valence-electron chi connectivity index (χ4n) is 1.80. The van der Waals surface area contributed by atoms with Crippen molar-refractivity contribution in [1.82, 2.24) is 9.78 Å². The molecule has 4 nitrogen and oxygen atoms in total. The van der Waals surface area contributed by atoms with Gasteiger partial charge in [0.2, 0.25) is 0 Å². The highest BCUT2D eigenvalue weighted by atomic mass is 35.5. The van der Waals surface area contributed by atoms with Crippen LogP contribution in [0.1, 0.15) is 18.1 Å². The number of benzene rings is 1. The van der Waals surface area contributed by atoms with Crippen LogP contribution >= 0.6 is 23.2 Å². The van der Waals surface area contributed by atoms with Gasteiger partial charge in [0.15, 0.2) is 11.5 Å². The normalized spacial score (nSPS) is 10.6. The van der Waals surface area contributed by atoms with E-state index in [1.54, 1.807) is 19.4 Å². The fraction of sp³-hybridized carbons (Fsp3) is 0.357. The summed E-state index contributed by atoms with van der Waals surface area (Å²) in [7, 11) is 1.58. The Labute approximate surface area is 128 Å². The maximum absolute atomic E-state index is 6.21. The van der Waals surface area contributed by atoms with Crippen LogP contribution in [0, 0.1) is 0 Å². The van der Waals surface area contributed by atoms with E-state index in [1.807, 2.05) is 23.9 Å². The maximum Gasteiger partial charge on any atom is 0.180 e. The number of nitrogens with zero attached hydrogens (tertiary/aromatic N) is 2. The Balaban J connectivity index is 2.16. The number of hydrogen-bond donors (Lipinski definition) is 0. The molecule has 0 saturated heterocycles. The highest BCUT2D eigenvalue weighted by molar-refractivity contribution is 6.32. The topological polar surface area (TPSA) is 36.3 Å². The minimum absolute atomic E-state index is 0.375. The first-order chi connectivity index (χ1) is 9.67. The SMILES string of the molecule is CCn1cc(COc2c(Cl)cc(CCl)cc2OC)cn1. The van der Waals surface area contributed by atoms with E-state index >= 15 is 0 Å². The third-order valence-electron chi connectivity index (χ3n) is 2.84. The van der Waals surface area contributed by atoms with Crippen molar-refractivity contribution in [2.24, 2.45) is 0 Å². The zero-order valence-corrected chi connectivity index (χ0v) is 12.9. The summed E-state index contributed by atoms with van der Waals surface area (Å²) >= 11 is 12.0. The largest absolute Gasteiger partial charge is 0.493 e. The summed E-state index contributed by atoms with van der Waals surface area (Å²) in [5, 5.41) is 4.68. The predicted molar refractivity (Wildman–Crippen MR) is 79.8 cm³/mol. The molecular formula is C14H16Cl2N2O2. The Morgan fingerprint density at radius 3 is 2.70 bits per heavy atom. The van der Waals surface area contributed by atoms with E-state index < -0.39 is 0 Å². The first-order valence-corrected chi connectivity index (χ1v) is 7.15. The van der Waals surface area contributed by atoms with Gasteiger partial charge in [0.25, 0.3) is 0 Å². The lowest BCUT2D eigenvalue weighted by Crippen LogP contribution is -1.99. The summed E-state index contributed by atoms with van der Waals surface area (Å²) < 4.78 is 12.9. The number of alkyl halides is 1. The van der Waals surface area contributed by atoms with Crippen LogP contribution in [-0.2, 0) is 19.0 Å². The minimum Gasteiger partial charge on any atom is -0.493 e. The van der Waals surface area contributed by atoms with Gasteiger partial charge in [0, 0.05) is 24.2 Å². The summed E-state index contributed by atoms with van der Waals surface area (Å²) in [6.45, 7) is 3.24. The molecule has 0 unspecified atom stereocenters. The number of halogens is 2. The Morgan fingerprint density at radius 1 is 1.30 bits per heavy atom. The van der Waals surface area contributed by atoms with Gasteiger partial charge in [0.1, 0.15) is 6.61 Å². The van der Waals surface area contributed by atoms with Crippen molar-refractivity contribution in [2.75, 3.05) is 7.11 Å². The molecule has 0 aliphatic rings. The minimum atomic E-state index is 0.375. The Hall–Kier alpha value is -1.39. The smallest absolute Gasteiger partial charge is 0.180 e. The molecule has 2 rings (SSSR count). The van der Waals surface area contributed by atoms with Gasteiger partial charge < -0.3 is 9.47 Å². The van der Waals surface area contributed by atoms with Crippen molar-refractivity contribution >= 4 is 23.2 Å². The van der Waals surface area contributed by atoms with Crippen molar-refractivity contribution in [3.63, 3.8) is 0 Å². The molecule has 1 heterocycles. The van der Waals surface area contributed by atoms with Gasteiger partial charge in [-0.05, 0) is 24.6 Å². The van der Waals surface area contributed by atoms with Crippen LogP contribution in [0.15, 0.2) is 24.5 Å². The van der Waals surface area contributed by atoms with Gasteiger partial charge in [0.05, 0.1) is 18.3 Å². The monoisotopic (exact) mass is 314 g/mol. The van der Waals surface area contributed by atoms with Crippen molar-refractivity contribution in [2.45, 2.75) is 26.0 Å². The van der Waals surface area contributed by atoms with Crippen LogP contribution < -0.4 is 9.47 Å². The fourth-order valence-corrected chi connectivity index (χ4v) is 2.24. The van der Waals surface area contributed by atoms with Crippen LogP contribution in [0.5, 0.6) is 11.5 Å². The molecule has 1 aromatic carbocycles. The Kier molecular flexibility index (Phi) is 5.15. The maximum atomic E-state index is 6.21. The first-order valence-electron chi connectivity index (χ1n) is 6.24. The Morgan fingerprint density at radius 2 is 2.10 bits per heavy atom. The van der Waals surface area contributed by atoms with Crippen LogP contribution in [0.2, 0.25) is 5.02 Å². The number of aromatic nitrogens is 2. The number of aryl methyl sites for hydroxylation is 1. The van der Waals surface area contributed by atoms with E-state index in [2.05, 4.69) is 5.10 Å². The molecule has 0 N–H and O–H groups in total. The van der Waals surface area contributed by atoms with Crippen molar-refractivity contribution in [3.05, 3.63) is 40.7 Å². The molecule has 0 saturated carbocycles. The quantitative estimate of drug-likeness (QED) is 0.759. The highest BCUT2D eigenvalue weighted by Crippen LogP contribution is 2.37. The van der Waals surface area contributed by atoms with Crippen LogP contribution in [0.3, 0.4) is 0 Å². The van der Waals surface area contributed by atoms with Crippen LogP contribution in [0.4, 0.5) is 0 Å². The summed E-state index contributed by atoms with van der Waals surface area (Å²) in [4.78, 5) is 0. The molecule has 1 aromatic heterocycles. The van der Waals surface area contributed by atoms with Crippen molar-refractivity contribution in [1.29, 1.82) is 0 Å². The summed E-state index contributed by atoms with van der Waals surface area (Å²) in [5.74, 6) is 1.47. The second-order valence-corrected chi connectivity index (χ2v) is 4.91. The first kappa shape index (κ1) is 15.0. The number of hydrogen-bond acceptors (Lipinski definition) is 3. The van der Waals surface area contributed by atoms with E-state index in [0.717, 1.165) is 17.7 Å². The average Bonchev–Trinajstić information content (AvgIpc) is 2.93. The summed E-state index contributed by atoms with van der Waals surface area (Å²) in [6, 6.07) is 3.60. The number of rotatable bonds is 6. The average molecular weight is 315 g/mol. The van der Waals surface area contributed by atoms with Crippen molar-refractivity contribution in [3.8, 4) is 11.5 Å². The van der Waals surface area contributed by atoms with Gasteiger partial charge in [-0.1, -0.05) is 11.6 Å². The molecule has 20 heavy (non-hydrogen) atoms. The predicted octanol–water partition coefficient (Wildman–Crippen LogP) is 3.88. The third-order valence-corrected chi connectivity index (χ3v) is 3.43. The van der Waals surface area contributed by atoms with Gasteiger partial charge in [-0.2, -0.15) is 5.10 Å². The van der Waals surface area contributed by atoms with E-state index in [4.69, 9.17) is 32.7 Å². The van der Waals surface area contributed by atoms with E-state index in [0.29, 0.717) is 29.0 Å². The summed E-state index contributed by atoms with van der Waals surface area (Å²) in [5.41, 5.74) is 1.87. The molecule has 0 aliphatic carbocycles. The van der Waals surface area contributed by atoms with Gasteiger partial charge in [-0.15, -0.1) is 11.6 Å². The summed E-state index contributed by atoms with van der Waals surface area (Å²) in [6.07, 6.45) is 3.71. The van der Waals surface area contributed by atoms with E-state index in [1.165, 1.54) is 0 Å². The second kappa shape index (κ2) is 6.86. The molecule has 6 heteroatoms. The third kappa shape index (κ3) is 3.38. The number of ether oxygens (including phenoxy) is 2. The molecule has 0 spiro atoms. The highest BCUT2D eigenvalue weighted by Gasteiger charge is 2.12. The zero-order chi connectivity index (χ0) is 14.5. The van der Waals surface area contributed by atoms with Crippen molar-refractivity contribution < 1.29 is 9.47 Å². The molecule has 0 atom stereocenters. The molecule has 2 aromatic rings. The van der Waals surface area contributed by atoms with Gasteiger partial charge >= 0.3 is 0 Å². The van der Waals surface area contributed by atoms with Crippen LogP contribution in [-0.4, -0.2) is 16.9 Å². The molecule has 0 amide bonds. The molecule has 108 valence electrons. The molecule has 0 radical (unpaired) electrons. The standard InChI is InChI=1S/C14H16Cl2N2O2/c1-3-18-8-11(7-17-18)9-20-14-12(16)4-10(6-15)5-13(14)19-2/h4-5,7-8H,3,6,9H2,1-2H3. The molecule has 0 fully saturated rings. The lowest BCUT2D eigenvalue weighted by molar-refractivity contribution is 0.284. The number of methoxy groups -OCH3 is 1. The Bertz CT molecular complexity index is 585. The van der Waals surface area contributed by atoms with E-state index in [-0.39, 0.29) is 0 Å². The lowest BCUT2D eigenvalue weighted by Gasteiger charge is -2.13.